The molecule has 0 saturated heterocycles. The lowest BCUT2D eigenvalue weighted by Gasteiger charge is -2.14. The van der Waals surface area contributed by atoms with E-state index >= 15 is 0 Å². The number of anilines is 1. The van der Waals surface area contributed by atoms with E-state index < -0.39 is 0 Å². The van der Waals surface area contributed by atoms with Crippen molar-refractivity contribution in [3.8, 4) is 5.88 Å². The molecule has 1 aliphatic rings. The van der Waals surface area contributed by atoms with Crippen molar-refractivity contribution in [2.24, 2.45) is 0 Å². The highest BCUT2D eigenvalue weighted by molar-refractivity contribution is 6.19. The molecule has 0 aliphatic heterocycles. The van der Waals surface area contributed by atoms with Gasteiger partial charge >= 0.3 is 0 Å². The first-order chi connectivity index (χ1) is 7.28. The fourth-order valence-corrected chi connectivity index (χ4v) is 1.68. The summed E-state index contributed by atoms with van der Waals surface area (Å²) >= 11 is 5.87. The molecule has 1 saturated carbocycles. The minimum Gasteiger partial charge on any atom is -0.478 e. The second-order valence-electron chi connectivity index (χ2n) is 3.71. The largest absolute Gasteiger partial charge is 0.478 e. The SMILES string of the molecule is CCOc1cc(NC2(CCl)CC2)ncn1. The zero-order chi connectivity index (χ0) is 10.7. The van der Waals surface area contributed by atoms with E-state index in [1.807, 2.05) is 6.92 Å². The van der Waals surface area contributed by atoms with E-state index in [4.69, 9.17) is 16.3 Å². The van der Waals surface area contributed by atoms with Crippen LogP contribution in [0.1, 0.15) is 19.8 Å². The zero-order valence-electron chi connectivity index (χ0n) is 8.66. The number of hydrogen-bond acceptors (Lipinski definition) is 4. The molecule has 0 bridgehead atoms. The van der Waals surface area contributed by atoms with Gasteiger partial charge in [-0.15, -0.1) is 11.6 Å². The molecule has 0 amide bonds. The maximum Gasteiger partial charge on any atom is 0.218 e. The Morgan fingerprint density at radius 3 is 2.93 bits per heavy atom. The highest BCUT2D eigenvalue weighted by Crippen LogP contribution is 2.39. The van der Waals surface area contributed by atoms with Crippen LogP contribution < -0.4 is 10.1 Å². The monoisotopic (exact) mass is 227 g/mol. The average Bonchev–Trinajstić information content (AvgIpc) is 3.00. The molecule has 0 spiro atoms. The number of nitrogens with zero attached hydrogens (tertiary/aromatic N) is 2. The number of ether oxygens (including phenoxy) is 1. The van der Waals surface area contributed by atoms with Crippen LogP contribution in [0.2, 0.25) is 0 Å². The molecule has 1 aliphatic carbocycles. The number of nitrogens with one attached hydrogen (secondary N) is 1. The summed E-state index contributed by atoms with van der Waals surface area (Å²) in [5, 5.41) is 3.31. The predicted molar refractivity (Wildman–Crippen MR) is 59.5 cm³/mol. The quantitative estimate of drug-likeness (QED) is 0.783. The van der Waals surface area contributed by atoms with Crippen LogP contribution in [0.5, 0.6) is 5.88 Å². The molecule has 1 aromatic rings. The standard InChI is InChI=1S/C10H14ClN3O/c1-2-15-9-5-8(12-7-13-9)14-10(6-11)3-4-10/h5,7H,2-4,6H2,1H3,(H,12,13,14). The maximum atomic E-state index is 5.87. The second-order valence-corrected chi connectivity index (χ2v) is 3.98. The third-order valence-electron chi connectivity index (χ3n) is 2.44. The van der Waals surface area contributed by atoms with Crippen molar-refractivity contribution in [3.63, 3.8) is 0 Å². The second kappa shape index (κ2) is 4.23. The van der Waals surface area contributed by atoms with Crippen LogP contribution in [0.15, 0.2) is 12.4 Å². The Hall–Kier alpha value is -1.03. The van der Waals surface area contributed by atoms with Gasteiger partial charge in [-0.05, 0) is 19.8 Å². The lowest BCUT2D eigenvalue weighted by Crippen LogP contribution is -2.23. The summed E-state index contributed by atoms with van der Waals surface area (Å²) in [6, 6.07) is 1.80. The number of rotatable bonds is 5. The Kier molecular flexibility index (Phi) is 2.95. The normalized spacial score (nSPS) is 17.2. The Morgan fingerprint density at radius 2 is 2.33 bits per heavy atom. The molecule has 1 heterocycles. The molecule has 5 heteroatoms. The summed E-state index contributed by atoms with van der Waals surface area (Å²) in [7, 11) is 0. The van der Waals surface area contributed by atoms with Crippen molar-refractivity contribution >= 4 is 17.4 Å². The van der Waals surface area contributed by atoms with Gasteiger partial charge in [0.15, 0.2) is 0 Å². The van der Waals surface area contributed by atoms with E-state index in [1.54, 1.807) is 6.07 Å². The highest BCUT2D eigenvalue weighted by atomic mass is 35.5. The number of aromatic nitrogens is 2. The first-order valence-electron chi connectivity index (χ1n) is 5.07. The fourth-order valence-electron chi connectivity index (χ4n) is 1.35. The van der Waals surface area contributed by atoms with Gasteiger partial charge in [-0.2, -0.15) is 0 Å². The van der Waals surface area contributed by atoms with Crippen LogP contribution >= 0.6 is 11.6 Å². The third-order valence-corrected chi connectivity index (χ3v) is 2.95. The molecular formula is C10H14ClN3O. The van der Waals surface area contributed by atoms with Crippen LogP contribution in [-0.4, -0.2) is 28.0 Å². The minimum atomic E-state index is 0.0550. The van der Waals surface area contributed by atoms with Gasteiger partial charge in [-0.1, -0.05) is 0 Å². The lowest BCUT2D eigenvalue weighted by atomic mass is 10.3. The van der Waals surface area contributed by atoms with Gasteiger partial charge in [0, 0.05) is 11.9 Å². The van der Waals surface area contributed by atoms with Gasteiger partial charge in [0.2, 0.25) is 5.88 Å². The number of halogens is 1. The molecule has 1 N–H and O–H groups in total. The maximum absolute atomic E-state index is 5.87. The fraction of sp³-hybridized carbons (Fsp3) is 0.600. The van der Waals surface area contributed by atoms with Crippen LogP contribution in [-0.2, 0) is 0 Å². The van der Waals surface area contributed by atoms with E-state index in [0.29, 0.717) is 18.4 Å². The first-order valence-corrected chi connectivity index (χ1v) is 5.60. The third kappa shape index (κ3) is 2.50. The van der Waals surface area contributed by atoms with Crippen LogP contribution in [0.3, 0.4) is 0 Å². The summed E-state index contributed by atoms with van der Waals surface area (Å²) < 4.78 is 5.29. The highest BCUT2D eigenvalue weighted by Gasteiger charge is 2.42. The number of alkyl halides is 1. The topological polar surface area (TPSA) is 47.0 Å². The van der Waals surface area contributed by atoms with Gasteiger partial charge in [-0.3, -0.25) is 0 Å². The summed E-state index contributed by atoms with van der Waals surface area (Å²) in [4.78, 5) is 8.13. The van der Waals surface area contributed by atoms with Crippen molar-refractivity contribution in [2.45, 2.75) is 25.3 Å². The van der Waals surface area contributed by atoms with Gasteiger partial charge in [0.25, 0.3) is 0 Å². The van der Waals surface area contributed by atoms with Crippen LogP contribution in [0.25, 0.3) is 0 Å². The summed E-state index contributed by atoms with van der Waals surface area (Å²) in [5.41, 5.74) is 0.0550. The summed E-state index contributed by atoms with van der Waals surface area (Å²) in [6.07, 6.45) is 3.70. The number of hydrogen-bond donors (Lipinski definition) is 1. The van der Waals surface area contributed by atoms with Crippen LogP contribution in [0.4, 0.5) is 5.82 Å². The average molecular weight is 228 g/mol. The smallest absolute Gasteiger partial charge is 0.218 e. The van der Waals surface area contributed by atoms with E-state index in [9.17, 15) is 0 Å². The van der Waals surface area contributed by atoms with E-state index in [2.05, 4.69) is 15.3 Å². The molecule has 1 fully saturated rings. The van der Waals surface area contributed by atoms with Crippen LogP contribution in [0, 0.1) is 0 Å². The Labute approximate surface area is 94.0 Å². The van der Waals surface area contributed by atoms with Gasteiger partial charge in [0.1, 0.15) is 12.1 Å². The van der Waals surface area contributed by atoms with E-state index in [1.165, 1.54) is 6.33 Å². The van der Waals surface area contributed by atoms with Gasteiger partial charge < -0.3 is 10.1 Å². The zero-order valence-corrected chi connectivity index (χ0v) is 9.42. The van der Waals surface area contributed by atoms with E-state index in [-0.39, 0.29) is 5.54 Å². The van der Waals surface area contributed by atoms with Crippen molar-refractivity contribution in [3.05, 3.63) is 12.4 Å². The van der Waals surface area contributed by atoms with Crippen molar-refractivity contribution < 1.29 is 4.74 Å². The van der Waals surface area contributed by atoms with Crippen molar-refractivity contribution in [1.29, 1.82) is 0 Å². The van der Waals surface area contributed by atoms with Crippen molar-refractivity contribution in [1.82, 2.24) is 9.97 Å². The molecule has 0 radical (unpaired) electrons. The van der Waals surface area contributed by atoms with Gasteiger partial charge in [-0.25, -0.2) is 9.97 Å². The predicted octanol–water partition coefficient (Wildman–Crippen LogP) is 2.06. The molecule has 82 valence electrons. The lowest BCUT2D eigenvalue weighted by molar-refractivity contribution is 0.326. The van der Waals surface area contributed by atoms with Crippen molar-refractivity contribution in [2.75, 3.05) is 17.8 Å². The molecule has 2 rings (SSSR count). The Bertz CT molecular complexity index is 341. The van der Waals surface area contributed by atoms with E-state index in [0.717, 1.165) is 18.7 Å². The molecule has 0 atom stereocenters. The summed E-state index contributed by atoms with van der Waals surface area (Å²) in [5.74, 6) is 1.99. The molecule has 1 aromatic heterocycles. The van der Waals surface area contributed by atoms with Gasteiger partial charge in [0.05, 0.1) is 12.1 Å². The molecule has 0 aromatic carbocycles. The molecule has 4 nitrogen and oxygen atoms in total. The Morgan fingerprint density at radius 1 is 1.53 bits per heavy atom. The first kappa shape index (κ1) is 10.5. The molecule has 0 unspecified atom stereocenters. The minimum absolute atomic E-state index is 0.0550. The Balaban J connectivity index is 2.05. The summed E-state index contributed by atoms with van der Waals surface area (Å²) in [6.45, 7) is 2.54. The molecule has 15 heavy (non-hydrogen) atoms. The molecular weight excluding hydrogens is 214 g/mol.